The van der Waals surface area contributed by atoms with E-state index in [1.807, 2.05) is 12.1 Å². The van der Waals surface area contributed by atoms with Gasteiger partial charge in [0, 0.05) is 12.6 Å². The van der Waals surface area contributed by atoms with Crippen molar-refractivity contribution >= 4 is 10.9 Å². The molecule has 3 nitrogen and oxygen atoms in total. The van der Waals surface area contributed by atoms with Gasteiger partial charge in [-0.3, -0.25) is 4.79 Å². The molecule has 1 atom stereocenters. The lowest BCUT2D eigenvalue weighted by atomic mass is 9.86. The minimum absolute atomic E-state index is 0.0594. The first-order valence-corrected chi connectivity index (χ1v) is 6.79. The predicted molar refractivity (Wildman–Crippen MR) is 81.9 cm³/mol. The van der Waals surface area contributed by atoms with Crippen molar-refractivity contribution in [2.75, 3.05) is 0 Å². The number of hydrogen-bond acceptors (Lipinski definition) is 2. The van der Waals surface area contributed by atoms with Gasteiger partial charge < -0.3 is 4.57 Å². The van der Waals surface area contributed by atoms with Gasteiger partial charge in [-0.05, 0) is 41.5 Å². The molecule has 0 fully saturated rings. The van der Waals surface area contributed by atoms with Crippen LogP contribution in [0.5, 0.6) is 0 Å². The summed E-state index contributed by atoms with van der Waals surface area (Å²) in [6.45, 7) is 8.25. The Labute approximate surface area is 119 Å². The van der Waals surface area contributed by atoms with Crippen molar-refractivity contribution in [3.8, 4) is 6.07 Å². The standard InChI is InChI=1S/C17H20N2O/c1-11(10-18)14-9-12-8-13(17(2,3)4)6-7-15(12)19(5)16(14)20/h6-9,11H,1-5H3. The van der Waals surface area contributed by atoms with Crippen LogP contribution in [0.1, 0.15) is 44.7 Å². The topological polar surface area (TPSA) is 45.8 Å². The second-order valence-electron chi connectivity index (χ2n) is 6.34. The molecule has 1 aromatic carbocycles. The van der Waals surface area contributed by atoms with Crippen LogP contribution in [0.2, 0.25) is 0 Å². The Kier molecular flexibility index (Phi) is 3.43. The third kappa shape index (κ3) is 2.34. The summed E-state index contributed by atoms with van der Waals surface area (Å²) in [7, 11) is 1.76. The molecule has 0 radical (unpaired) electrons. The minimum atomic E-state index is -0.392. The van der Waals surface area contributed by atoms with Gasteiger partial charge in [-0.25, -0.2) is 0 Å². The van der Waals surface area contributed by atoms with E-state index in [-0.39, 0.29) is 11.0 Å². The highest BCUT2D eigenvalue weighted by Gasteiger charge is 2.16. The van der Waals surface area contributed by atoms with Gasteiger partial charge in [0.25, 0.3) is 5.56 Å². The van der Waals surface area contributed by atoms with Gasteiger partial charge in [0.2, 0.25) is 0 Å². The normalized spacial score (nSPS) is 13.2. The summed E-state index contributed by atoms with van der Waals surface area (Å²) in [5.41, 5.74) is 2.66. The summed E-state index contributed by atoms with van der Waals surface area (Å²) in [5, 5.41) is 10.1. The van der Waals surface area contributed by atoms with E-state index >= 15 is 0 Å². The van der Waals surface area contributed by atoms with Gasteiger partial charge in [0.1, 0.15) is 0 Å². The largest absolute Gasteiger partial charge is 0.311 e. The number of nitrogens with zero attached hydrogens (tertiary/aromatic N) is 2. The van der Waals surface area contributed by atoms with Crippen molar-refractivity contribution in [3.63, 3.8) is 0 Å². The average Bonchev–Trinajstić information content (AvgIpc) is 2.40. The fourth-order valence-electron chi connectivity index (χ4n) is 2.35. The van der Waals surface area contributed by atoms with E-state index in [4.69, 9.17) is 5.26 Å². The van der Waals surface area contributed by atoms with E-state index in [1.54, 1.807) is 18.5 Å². The maximum atomic E-state index is 12.3. The highest BCUT2D eigenvalue weighted by atomic mass is 16.1. The van der Waals surface area contributed by atoms with Crippen molar-refractivity contribution in [2.24, 2.45) is 7.05 Å². The smallest absolute Gasteiger partial charge is 0.255 e. The molecule has 1 unspecified atom stereocenters. The molecule has 0 bridgehead atoms. The highest BCUT2D eigenvalue weighted by Crippen LogP contribution is 2.26. The van der Waals surface area contributed by atoms with Crippen LogP contribution >= 0.6 is 0 Å². The summed E-state index contributed by atoms with van der Waals surface area (Å²) < 4.78 is 1.63. The third-order valence-electron chi connectivity index (χ3n) is 3.78. The summed E-state index contributed by atoms with van der Waals surface area (Å²) in [5.74, 6) is -0.392. The Bertz CT molecular complexity index is 757. The molecule has 104 valence electrons. The number of aromatic nitrogens is 1. The Morgan fingerprint density at radius 3 is 2.45 bits per heavy atom. The molecule has 0 saturated heterocycles. The Balaban J connectivity index is 2.80. The summed E-state index contributed by atoms with van der Waals surface area (Å²) in [6.07, 6.45) is 0. The maximum absolute atomic E-state index is 12.3. The lowest BCUT2D eigenvalue weighted by Gasteiger charge is -2.20. The van der Waals surface area contributed by atoms with Crippen LogP contribution in [0.3, 0.4) is 0 Å². The van der Waals surface area contributed by atoms with Crippen LogP contribution in [0, 0.1) is 11.3 Å². The highest BCUT2D eigenvalue weighted by molar-refractivity contribution is 5.81. The zero-order chi connectivity index (χ0) is 15.1. The summed E-state index contributed by atoms with van der Waals surface area (Å²) >= 11 is 0. The van der Waals surface area contributed by atoms with E-state index in [1.165, 1.54) is 5.56 Å². The van der Waals surface area contributed by atoms with Gasteiger partial charge in [-0.2, -0.15) is 5.26 Å². The second-order valence-corrected chi connectivity index (χ2v) is 6.34. The average molecular weight is 268 g/mol. The predicted octanol–water partition coefficient (Wildman–Crippen LogP) is 3.46. The number of benzene rings is 1. The lowest BCUT2D eigenvalue weighted by Crippen LogP contribution is -2.22. The summed E-state index contributed by atoms with van der Waals surface area (Å²) in [4.78, 5) is 12.3. The van der Waals surface area contributed by atoms with E-state index in [0.717, 1.165) is 10.9 Å². The summed E-state index contributed by atoms with van der Waals surface area (Å²) in [6, 6.07) is 10.2. The number of hydrogen-bond donors (Lipinski definition) is 0. The second kappa shape index (κ2) is 4.79. The number of nitriles is 1. The monoisotopic (exact) mass is 268 g/mol. The molecule has 0 aliphatic rings. The van der Waals surface area contributed by atoms with Crippen molar-refractivity contribution in [1.82, 2.24) is 4.57 Å². The molecular formula is C17H20N2O. The van der Waals surface area contributed by atoms with Gasteiger partial charge in [-0.1, -0.05) is 26.8 Å². The van der Waals surface area contributed by atoms with Crippen LogP contribution in [0.25, 0.3) is 10.9 Å². The zero-order valence-electron chi connectivity index (χ0n) is 12.7. The van der Waals surface area contributed by atoms with Crippen molar-refractivity contribution < 1.29 is 0 Å². The fourth-order valence-corrected chi connectivity index (χ4v) is 2.35. The first-order chi connectivity index (χ1) is 9.25. The van der Waals surface area contributed by atoms with Gasteiger partial charge in [-0.15, -0.1) is 0 Å². The molecular weight excluding hydrogens is 248 g/mol. The molecule has 2 rings (SSSR count). The van der Waals surface area contributed by atoms with Crippen LogP contribution in [0.4, 0.5) is 0 Å². The van der Waals surface area contributed by atoms with E-state index in [9.17, 15) is 4.79 Å². The number of aryl methyl sites for hydroxylation is 1. The number of fused-ring (bicyclic) bond motifs is 1. The first kappa shape index (κ1) is 14.3. The van der Waals surface area contributed by atoms with Gasteiger partial charge in [0.05, 0.1) is 17.5 Å². The van der Waals surface area contributed by atoms with Crippen LogP contribution in [0.15, 0.2) is 29.1 Å². The Morgan fingerprint density at radius 1 is 1.25 bits per heavy atom. The van der Waals surface area contributed by atoms with Crippen LogP contribution < -0.4 is 5.56 Å². The molecule has 20 heavy (non-hydrogen) atoms. The molecule has 0 aliphatic carbocycles. The Morgan fingerprint density at radius 2 is 1.90 bits per heavy atom. The molecule has 1 aromatic heterocycles. The van der Waals surface area contributed by atoms with Gasteiger partial charge in [0.15, 0.2) is 0 Å². The minimum Gasteiger partial charge on any atom is -0.311 e. The molecule has 3 heteroatoms. The van der Waals surface area contributed by atoms with E-state index in [2.05, 4.69) is 39.0 Å². The molecule has 1 heterocycles. The fraction of sp³-hybridized carbons (Fsp3) is 0.412. The molecule has 0 N–H and O–H groups in total. The van der Waals surface area contributed by atoms with Crippen molar-refractivity contribution in [2.45, 2.75) is 39.0 Å². The zero-order valence-corrected chi connectivity index (χ0v) is 12.7. The van der Waals surface area contributed by atoms with E-state index in [0.29, 0.717) is 5.56 Å². The molecule has 0 amide bonds. The number of pyridine rings is 1. The van der Waals surface area contributed by atoms with Crippen LogP contribution in [-0.4, -0.2) is 4.57 Å². The first-order valence-electron chi connectivity index (χ1n) is 6.79. The Hall–Kier alpha value is -2.08. The molecule has 2 aromatic rings. The number of rotatable bonds is 1. The molecule has 0 spiro atoms. The molecule has 0 aliphatic heterocycles. The van der Waals surface area contributed by atoms with E-state index < -0.39 is 5.92 Å². The lowest BCUT2D eigenvalue weighted by molar-refractivity contribution is 0.591. The van der Waals surface area contributed by atoms with Gasteiger partial charge >= 0.3 is 0 Å². The maximum Gasteiger partial charge on any atom is 0.255 e. The third-order valence-corrected chi connectivity index (χ3v) is 3.78. The quantitative estimate of drug-likeness (QED) is 0.795. The molecule has 0 saturated carbocycles. The van der Waals surface area contributed by atoms with Crippen molar-refractivity contribution in [3.05, 3.63) is 45.7 Å². The van der Waals surface area contributed by atoms with Crippen molar-refractivity contribution in [1.29, 1.82) is 5.26 Å². The SMILES string of the molecule is CC(C#N)c1cc2cc(C(C)(C)C)ccc2n(C)c1=O. The van der Waals surface area contributed by atoms with Crippen LogP contribution in [-0.2, 0) is 12.5 Å².